The molecule has 0 saturated heterocycles. The molecule has 0 amide bonds. The highest BCUT2D eigenvalue weighted by Crippen LogP contribution is 2.21. The van der Waals surface area contributed by atoms with Crippen LogP contribution in [-0.2, 0) is 27.3 Å². The fraction of sp³-hybridized carbons (Fsp3) is 0.471. The third-order valence-corrected chi connectivity index (χ3v) is 3.68. The summed E-state index contributed by atoms with van der Waals surface area (Å²) in [4.78, 5) is 24.6. The van der Waals surface area contributed by atoms with Crippen LogP contribution >= 0.6 is 0 Å². The molecule has 0 fully saturated rings. The lowest BCUT2D eigenvalue weighted by molar-refractivity contribution is -0.423. The van der Waals surface area contributed by atoms with Gasteiger partial charge in [0.25, 0.3) is 0 Å². The van der Waals surface area contributed by atoms with Gasteiger partial charge in [-0.25, -0.2) is 4.98 Å². The summed E-state index contributed by atoms with van der Waals surface area (Å²) < 4.78 is 38.4. The number of ether oxygens (including phenoxy) is 1. The number of carboxylic acid groups (broad SMARTS) is 1. The summed E-state index contributed by atoms with van der Waals surface area (Å²) >= 11 is 0. The minimum absolute atomic E-state index is 0.154. The minimum Gasteiger partial charge on any atom is -0.542 e. The van der Waals surface area contributed by atoms with E-state index >= 15 is 0 Å². The van der Waals surface area contributed by atoms with Crippen LogP contribution < -0.4 is 10.8 Å². The summed E-state index contributed by atoms with van der Waals surface area (Å²) in [5, 5.41) is 8.78. The van der Waals surface area contributed by atoms with Crippen molar-refractivity contribution in [3.05, 3.63) is 29.6 Å². The Labute approximate surface area is 153 Å². The Morgan fingerprint density at radius 1 is 1.37 bits per heavy atom. The van der Waals surface area contributed by atoms with E-state index in [1.165, 1.54) is 7.11 Å². The molecule has 1 aromatic carbocycles. The number of hydrogen-bond donors (Lipinski definition) is 1. The molecule has 0 saturated carbocycles. The normalized spacial score (nSPS) is 12.3. The SMILES string of the molecule is CCn1c(C(C)[NH3+])nc2ccc(CCC(=O)OC)cc21.O=C([O-])C(F)(F)F. The standard InChI is InChI=1S/C15H21N3O2.C2HF3O2/c1-4-18-13-9-11(6-8-14(19)20-3)5-7-12(13)17-15(18)10(2)16;3-2(4,5)1(6)7/h5,7,9-10H,4,6,8,16H2,1-3H3;(H,6,7). The van der Waals surface area contributed by atoms with Crippen molar-refractivity contribution in [2.45, 2.75) is 45.5 Å². The first kappa shape index (κ1) is 22.4. The molecule has 0 aliphatic carbocycles. The van der Waals surface area contributed by atoms with Crippen LogP contribution in [0.3, 0.4) is 0 Å². The summed E-state index contributed by atoms with van der Waals surface area (Å²) in [6, 6.07) is 6.30. The van der Waals surface area contributed by atoms with Gasteiger partial charge in [0.1, 0.15) is 12.0 Å². The summed E-state index contributed by atoms with van der Waals surface area (Å²) in [7, 11) is 1.42. The Morgan fingerprint density at radius 3 is 2.41 bits per heavy atom. The number of quaternary nitrogens is 1. The quantitative estimate of drug-likeness (QED) is 0.759. The zero-order valence-corrected chi connectivity index (χ0v) is 15.3. The molecule has 3 N–H and O–H groups in total. The van der Waals surface area contributed by atoms with E-state index < -0.39 is 12.1 Å². The first-order valence-corrected chi connectivity index (χ1v) is 8.18. The molecule has 0 aliphatic heterocycles. The predicted molar refractivity (Wildman–Crippen MR) is 88.1 cm³/mol. The molecule has 10 heteroatoms. The second-order valence-electron chi connectivity index (χ2n) is 5.80. The van der Waals surface area contributed by atoms with E-state index in [0.717, 1.165) is 29.0 Å². The Hall–Kier alpha value is -2.62. The molecule has 2 aromatic rings. The van der Waals surface area contributed by atoms with Gasteiger partial charge in [-0.15, -0.1) is 0 Å². The lowest BCUT2D eigenvalue weighted by Gasteiger charge is -2.07. The van der Waals surface area contributed by atoms with Gasteiger partial charge in [-0.1, -0.05) is 6.07 Å². The van der Waals surface area contributed by atoms with E-state index in [2.05, 4.69) is 33.0 Å². The number of carboxylic acids is 1. The molecule has 1 heterocycles. The van der Waals surface area contributed by atoms with Crippen molar-refractivity contribution in [2.24, 2.45) is 0 Å². The Kier molecular flexibility index (Phi) is 7.77. The van der Waals surface area contributed by atoms with E-state index in [1.807, 2.05) is 19.1 Å². The van der Waals surface area contributed by atoms with Crippen LogP contribution in [0.1, 0.15) is 37.7 Å². The number of fused-ring (bicyclic) bond motifs is 1. The van der Waals surface area contributed by atoms with Crippen LogP contribution in [0.4, 0.5) is 13.2 Å². The van der Waals surface area contributed by atoms with Gasteiger partial charge in [0.05, 0.1) is 18.1 Å². The van der Waals surface area contributed by atoms with Crippen molar-refractivity contribution >= 4 is 23.0 Å². The smallest absolute Gasteiger partial charge is 0.430 e. The van der Waals surface area contributed by atoms with Crippen LogP contribution in [0.25, 0.3) is 11.0 Å². The molecule has 0 radical (unpaired) electrons. The van der Waals surface area contributed by atoms with Gasteiger partial charge in [0.2, 0.25) is 0 Å². The lowest BCUT2D eigenvalue weighted by atomic mass is 10.1. The second kappa shape index (κ2) is 9.36. The average molecular weight is 389 g/mol. The summed E-state index contributed by atoms with van der Waals surface area (Å²) in [5.41, 5.74) is 7.28. The highest BCUT2D eigenvalue weighted by molar-refractivity contribution is 5.77. The number of rotatable bonds is 5. The number of carbonyl (C=O) groups excluding carboxylic acids is 2. The highest BCUT2D eigenvalue weighted by Gasteiger charge is 2.28. The van der Waals surface area contributed by atoms with E-state index in [0.29, 0.717) is 12.8 Å². The number of nitrogens with zero attached hydrogens (tertiary/aromatic N) is 2. The van der Waals surface area contributed by atoms with Gasteiger partial charge in [-0.2, -0.15) is 13.2 Å². The molecule has 1 aromatic heterocycles. The van der Waals surface area contributed by atoms with E-state index in [1.54, 1.807) is 0 Å². The Balaban J connectivity index is 0.000000445. The van der Waals surface area contributed by atoms with Gasteiger partial charge in [-0.05, 0) is 38.0 Å². The predicted octanol–water partition coefficient (Wildman–Crippen LogP) is 0.763. The fourth-order valence-corrected chi connectivity index (χ4v) is 2.40. The largest absolute Gasteiger partial charge is 0.542 e. The van der Waals surface area contributed by atoms with Gasteiger partial charge in [0, 0.05) is 13.0 Å². The van der Waals surface area contributed by atoms with Crippen LogP contribution in [0.2, 0.25) is 0 Å². The van der Waals surface area contributed by atoms with Crippen molar-refractivity contribution in [2.75, 3.05) is 7.11 Å². The van der Waals surface area contributed by atoms with Crippen molar-refractivity contribution in [3.8, 4) is 0 Å². The lowest BCUT2D eigenvalue weighted by Crippen LogP contribution is -2.52. The molecule has 0 spiro atoms. The van der Waals surface area contributed by atoms with Gasteiger partial charge >= 0.3 is 12.1 Å². The number of carbonyl (C=O) groups is 2. The highest BCUT2D eigenvalue weighted by atomic mass is 19.4. The third kappa shape index (κ3) is 6.24. The van der Waals surface area contributed by atoms with Crippen molar-refractivity contribution in [1.29, 1.82) is 0 Å². The first-order chi connectivity index (χ1) is 12.5. The van der Waals surface area contributed by atoms with Crippen LogP contribution in [0, 0.1) is 0 Å². The molecule has 1 atom stereocenters. The molecule has 27 heavy (non-hydrogen) atoms. The number of methoxy groups -OCH3 is 1. The molecular weight excluding hydrogens is 367 g/mol. The van der Waals surface area contributed by atoms with E-state index in [9.17, 15) is 18.0 Å². The molecule has 0 bridgehead atoms. The maximum atomic E-state index is 11.2. The molecule has 2 rings (SSSR count). The zero-order chi connectivity index (χ0) is 20.8. The van der Waals surface area contributed by atoms with Gasteiger partial charge < -0.3 is 24.9 Å². The molecule has 7 nitrogen and oxygen atoms in total. The third-order valence-electron chi connectivity index (χ3n) is 3.68. The van der Waals surface area contributed by atoms with Gasteiger partial charge in [0.15, 0.2) is 5.82 Å². The maximum Gasteiger partial charge on any atom is 0.430 e. The first-order valence-electron chi connectivity index (χ1n) is 8.18. The van der Waals surface area contributed by atoms with Crippen molar-refractivity contribution < 1.29 is 38.3 Å². The van der Waals surface area contributed by atoms with Crippen LogP contribution in [-0.4, -0.2) is 34.8 Å². The summed E-state index contributed by atoms with van der Waals surface area (Å²) in [6.45, 7) is 5.02. The monoisotopic (exact) mass is 389 g/mol. The molecule has 1 unspecified atom stereocenters. The zero-order valence-electron chi connectivity index (χ0n) is 15.3. The summed E-state index contributed by atoms with van der Waals surface area (Å²) in [5.74, 6) is -2.18. The minimum atomic E-state index is -5.19. The van der Waals surface area contributed by atoms with E-state index in [4.69, 9.17) is 9.90 Å². The average Bonchev–Trinajstić information content (AvgIpc) is 2.97. The number of benzene rings is 1. The van der Waals surface area contributed by atoms with Crippen molar-refractivity contribution in [1.82, 2.24) is 9.55 Å². The number of aryl methyl sites for hydroxylation is 2. The molecular formula is C17H22F3N3O4. The number of aliphatic carboxylic acids is 1. The fourth-order valence-electron chi connectivity index (χ4n) is 2.40. The number of hydrogen-bond acceptors (Lipinski definition) is 5. The number of halogens is 3. The number of imidazole rings is 1. The maximum absolute atomic E-state index is 11.2. The van der Waals surface area contributed by atoms with E-state index in [-0.39, 0.29) is 12.0 Å². The summed E-state index contributed by atoms with van der Waals surface area (Å²) in [6.07, 6.45) is -4.10. The second-order valence-corrected chi connectivity index (χ2v) is 5.80. The number of esters is 1. The molecule has 150 valence electrons. The topological polar surface area (TPSA) is 112 Å². The number of alkyl halides is 3. The Bertz CT molecular complexity index is 801. The molecule has 0 aliphatic rings. The Morgan fingerprint density at radius 2 is 1.96 bits per heavy atom. The van der Waals surface area contributed by atoms with Crippen LogP contribution in [0.5, 0.6) is 0 Å². The van der Waals surface area contributed by atoms with Crippen molar-refractivity contribution in [3.63, 3.8) is 0 Å². The van der Waals surface area contributed by atoms with Crippen LogP contribution in [0.15, 0.2) is 18.2 Å². The number of aromatic nitrogens is 2. The van der Waals surface area contributed by atoms with Gasteiger partial charge in [-0.3, -0.25) is 4.79 Å².